The zero-order chi connectivity index (χ0) is 13.7. The van der Waals surface area contributed by atoms with E-state index in [2.05, 4.69) is 35.8 Å². The zero-order valence-electron chi connectivity index (χ0n) is 10.1. The minimum atomic E-state index is -0.412. The zero-order valence-corrected chi connectivity index (χ0v) is 10.1. The Labute approximate surface area is 102 Å². The Balaban J connectivity index is 0. The molecule has 0 atom stereocenters. The lowest BCUT2D eigenvalue weighted by Gasteiger charge is -1.97. The second-order valence-electron chi connectivity index (χ2n) is 2.79. The third kappa shape index (κ3) is 13.9. The van der Waals surface area contributed by atoms with Crippen molar-refractivity contribution in [3.05, 3.63) is 50.1 Å². The van der Waals surface area contributed by atoms with Gasteiger partial charge in [0, 0.05) is 11.6 Å². The molecule has 0 unspecified atom stereocenters. The fourth-order valence-electron chi connectivity index (χ4n) is 0.458. The highest BCUT2D eigenvalue weighted by Crippen LogP contribution is 1.90. The summed E-state index contributed by atoms with van der Waals surface area (Å²) in [6, 6.07) is 0. The normalized spacial score (nSPS) is 7.82. The van der Waals surface area contributed by atoms with Crippen LogP contribution in [0.15, 0.2) is 50.1 Å². The molecule has 0 N–H and O–H groups in total. The molecule has 0 aliphatic heterocycles. The summed E-state index contributed by atoms with van der Waals surface area (Å²) in [5, 5.41) is 0. The highest BCUT2D eigenvalue weighted by Gasteiger charge is 1.98. The molecule has 0 fully saturated rings. The number of hydrogen-bond acceptors (Lipinski definition) is 4. The largest absolute Gasteiger partial charge is 0.458 e. The van der Waals surface area contributed by atoms with Gasteiger partial charge in [0.05, 0.1) is 0 Å². The smallest absolute Gasteiger partial charge is 0.333 e. The standard InChI is InChI=1S/C7H10O2.C6H8O2/c1-4-5-9-7(8)6(2)3;1-3-5-8-6(7)4-2/h4H,1-2,5H2,3H3;3-4H,1-2,5H2. The van der Waals surface area contributed by atoms with Crippen LogP contribution in [0.25, 0.3) is 0 Å². The van der Waals surface area contributed by atoms with Crippen molar-refractivity contribution in [3.8, 4) is 0 Å². The second-order valence-corrected chi connectivity index (χ2v) is 2.79. The Bertz CT molecular complexity index is 303. The average molecular weight is 238 g/mol. The van der Waals surface area contributed by atoms with Crippen LogP contribution in [-0.2, 0) is 19.1 Å². The summed E-state index contributed by atoms with van der Waals surface area (Å²) < 4.78 is 9.06. The molecule has 4 heteroatoms. The van der Waals surface area contributed by atoms with Gasteiger partial charge in [-0.2, -0.15) is 0 Å². The lowest BCUT2D eigenvalue weighted by molar-refractivity contribution is -0.138. The topological polar surface area (TPSA) is 52.6 Å². The predicted octanol–water partition coefficient (Wildman–Crippen LogP) is 2.19. The number of esters is 2. The van der Waals surface area contributed by atoms with E-state index in [9.17, 15) is 9.59 Å². The third-order valence-electron chi connectivity index (χ3n) is 1.19. The molecule has 0 spiro atoms. The summed E-state index contributed by atoms with van der Waals surface area (Å²) >= 11 is 0. The van der Waals surface area contributed by atoms with E-state index in [1.807, 2.05) is 0 Å². The molecule has 0 bridgehead atoms. The van der Waals surface area contributed by atoms with Crippen LogP contribution in [0, 0.1) is 0 Å². The van der Waals surface area contributed by atoms with Crippen molar-refractivity contribution in [2.75, 3.05) is 13.2 Å². The molecule has 0 aliphatic carbocycles. The van der Waals surface area contributed by atoms with Crippen LogP contribution in [0.1, 0.15) is 6.92 Å². The van der Waals surface area contributed by atoms with E-state index in [0.29, 0.717) is 5.57 Å². The first-order valence-electron chi connectivity index (χ1n) is 4.83. The van der Waals surface area contributed by atoms with Crippen LogP contribution in [0.3, 0.4) is 0 Å². The fourth-order valence-corrected chi connectivity index (χ4v) is 0.458. The van der Waals surface area contributed by atoms with Gasteiger partial charge in [0.2, 0.25) is 0 Å². The molecular weight excluding hydrogens is 220 g/mol. The van der Waals surface area contributed by atoms with E-state index >= 15 is 0 Å². The summed E-state index contributed by atoms with van der Waals surface area (Å²) in [6.45, 7) is 15.5. The monoisotopic (exact) mass is 238 g/mol. The van der Waals surface area contributed by atoms with Crippen molar-refractivity contribution in [2.45, 2.75) is 6.92 Å². The molecule has 0 saturated carbocycles. The van der Waals surface area contributed by atoms with Crippen molar-refractivity contribution in [2.24, 2.45) is 0 Å². The van der Waals surface area contributed by atoms with Crippen LogP contribution in [0.4, 0.5) is 0 Å². The van der Waals surface area contributed by atoms with Gasteiger partial charge in [-0.1, -0.05) is 38.5 Å². The van der Waals surface area contributed by atoms with E-state index in [1.165, 1.54) is 12.2 Å². The first-order valence-corrected chi connectivity index (χ1v) is 4.83. The molecule has 17 heavy (non-hydrogen) atoms. The molecule has 0 aromatic carbocycles. The summed E-state index contributed by atoms with van der Waals surface area (Å²) in [7, 11) is 0. The number of ether oxygens (including phenoxy) is 2. The minimum Gasteiger partial charge on any atom is -0.458 e. The Morgan fingerprint density at radius 2 is 1.53 bits per heavy atom. The number of carbonyl (C=O) groups is 2. The maximum absolute atomic E-state index is 10.5. The Morgan fingerprint density at radius 3 is 1.88 bits per heavy atom. The van der Waals surface area contributed by atoms with Crippen molar-refractivity contribution >= 4 is 11.9 Å². The van der Waals surface area contributed by atoms with Crippen molar-refractivity contribution in [3.63, 3.8) is 0 Å². The SMILES string of the molecule is C=CCOC(=O)C(=C)C.C=CCOC(=O)C=C. The van der Waals surface area contributed by atoms with Gasteiger partial charge in [-0.3, -0.25) is 0 Å². The summed E-state index contributed by atoms with van der Waals surface area (Å²) in [6.07, 6.45) is 4.13. The van der Waals surface area contributed by atoms with Gasteiger partial charge in [-0.05, 0) is 6.92 Å². The van der Waals surface area contributed by atoms with Crippen LogP contribution in [0.5, 0.6) is 0 Å². The first kappa shape index (κ1) is 17.3. The molecule has 0 saturated heterocycles. The molecule has 0 radical (unpaired) electrons. The first-order chi connectivity index (χ1) is 7.99. The van der Waals surface area contributed by atoms with Gasteiger partial charge < -0.3 is 9.47 Å². The number of carbonyl (C=O) groups excluding carboxylic acids is 2. The number of rotatable bonds is 6. The van der Waals surface area contributed by atoms with Crippen LogP contribution < -0.4 is 0 Å². The van der Waals surface area contributed by atoms with E-state index in [4.69, 9.17) is 0 Å². The Morgan fingerprint density at radius 1 is 1.06 bits per heavy atom. The highest BCUT2D eigenvalue weighted by atomic mass is 16.5. The number of hydrogen-bond donors (Lipinski definition) is 0. The quantitative estimate of drug-likeness (QED) is 0.404. The van der Waals surface area contributed by atoms with Gasteiger partial charge in [0.25, 0.3) is 0 Å². The van der Waals surface area contributed by atoms with Crippen LogP contribution in [-0.4, -0.2) is 25.2 Å². The average Bonchev–Trinajstić information content (AvgIpc) is 2.33. The molecule has 94 valence electrons. The molecule has 0 aromatic rings. The molecule has 4 nitrogen and oxygen atoms in total. The van der Waals surface area contributed by atoms with Crippen molar-refractivity contribution in [1.82, 2.24) is 0 Å². The molecule has 0 aliphatic rings. The summed E-state index contributed by atoms with van der Waals surface area (Å²) in [4.78, 5) is 20.7. The van der Waals surface area contributed by atoms with Crippen molar-refractivity contribution < 1.29 is 19.1 Å². The van der Waals surface area contributed by atoms with Crippen molar-refractivity contribution in [1.29, 1.82) is 0 Å². The lowest BCUT2D eigenvalue weighted by Crippen LogP contribution is -2.03. The third-order valence-corrected chi connectivity index (χ3v) is 1.19. The maximum Gasteiger partial charge on any atom is 0.333 e. The molecule has 0 rings (SSSR count). The van der Waals surface area contributed by atoms with E-state index < -0.39 is 5.97 Å². The summed E-state index contributed by atoms with van der Waals surface area (Å²) in [5.41, 5.74) is 0.414. The van der Waals surface area contributed by atoms with Crippen LogP contribution in [0.2, 0.25) is 0 Å². The molecule has 0 aromatic heterocycles. The molecule has 0 heterocycles. The fraction of sp³-hybridized carbons (Fsp3) is 0.231. The maximum atomic E-state index is 10.5. The van der Waals surface area contributed by atoms with E-state index in [0.717, 1.165) is 6.08 Å². The van der Waals surface area contributed by atoms with Gasteiger partial charge in [0.15, 0.2) is 0 Å². The second kappa shape index (κ2) is 12.0. The van der Waals surface area contributed by atoms with E-state index in [1.54, 1.807) is 6.92 Å². The predicted molar refractivity (Wildman–Crippen MR) is 67.3 cm³/mol. The van der Waals surface area contributed by atoms with Gasteiger partial charge >= 0.3 is 11.9 Å². The van der Waals surface area contributed by atoms with Gasteiger partial charge in [-0.15, -0.1) is 0 Å². The Hall–Kier alpha value is -2.10. The molecular formula is C13H18O4. The van der Waals surface area contributed by atoms with Gasteiger partial charge in [-0.25, -0.2) is 9.59 Å². The highest BCUT2D eigenvalue weighted by molar-refractivity contribution is 5.86. The summed E-state index contributed by atoms with van der Waals surface area (Å²) in [5.74, 6) is -0.778. The minimum absolute atomic E-state index is 0.255. The Kier molecular flexibility index (Phi) is 12.2. The van der Waals surface area contributed by atoms with Gasteiger partial charge in [0.1, 0.15) is 13.2 Å². The lowest BCUT2D eigenvalue weighted by atomic mass is 10.4. The van der Waals surface area contributed by atoms with Crippen LogP contribution >= 0.6 is 0 Å². The molecule has 0 amide bonds. The van der Waals surface area contributed by atoms with E-state index in [-0.39, 0.29) is 19.2 Å².